The minimum Gasteiger partial charge on any atom is -0.466 e. The first kappa shape index (κ1) is 54.7. The van der Waals surface area contributed by atoms with Crippen LogP contribution in [-0.2, 0) is 35.0 Å². The van der Waals surface area contributed by atoms with Crippen LogP contribution in [0, 0.1) is 11.8 Å². The molecule has 1 aromatic heterocycles. The summed E-state index contributed by atoms with van der Waals surface area (Å²) in [7, 11) is 0. The molecular formula is C49H90N2O7S. The summed E-state index contributed by atoms with van der Waals surface area (Å²) < 4.78 is 22.5. The van der Waals surface area contributed by atoms with Crippen LogP contribution in [0.3, 0.4) is 0 Å². The van der Waals surface area contributed by atoms with E-state index in [1.54, 1.807) is 6.20 Å². The van der Waals surface area contributed by atoms with Crippen molar-refractivity contribution in [3.8, 4) is 0 Å². The molecule has 1 aromatic rings. The molecule has 0 aliphatic heterocycles. The summed E-state index contributed by atoms with van der Waals surface area (Å²) in [4.78, 5) is 42.5. The van der Waals surface area contributed by atoms with E-state index in [1.165, 1.54) is 114 Å². The quantitative estimate of drug-likeness (QED) is 0.0388. The highest BCUT2D eigenvalue weighted by molar-refractivity contribution is 7.15. The second-order valence-electron chi connectivity index (χ2n) is 17.1. The number of esters is 2. The Labute approximate surface area is 365 Å². The minimum absolute atomic E-state index is 0.0636. The SMILES string of the molecule is CCCCCC(CCCCC)CCOC(=O)CCCCCCCC(CCCCCCCC(=O)OCCC(CCCCC)CCCCC)OC(=O)OCCc1cnc(N)s1. The van der Waals surface area contributed by atoms with Crippen molar-refractivity contribution in [1.29, 1.82) is 0 Å². The van der Waals surface area contributed by atoms with Gasteiger partial charge in [0, 0.05) is 30.3 Å². The third-order valence-corrected chi connectivity index (χ3v) is 12.5. The van der Waals surface area contributed by atoms with E-state index in [4.69, 9.17) is 24.7 Å². The molecule has 59 heavy (non-hydrogen) atoms. The summed E-state index contributed by atoms with van der Waals surface area (Å²) in [6.45, 7) is 10.3. The normalized spacial score (nSPS) is 11.5. The Morgan fingerprint density at radius 3 is 1.34 bits per heavy atom. The third-order valence-electron chi connectivity index (χ3n) is 11.7. The standard InChI is InChI=1S/C49H90N2O7S/c1-5-9-19-27-42(28-20-10-6-2)35-38-55-46(52)33-25-17-13-15-23-31-44(58-49(54)57-40-37-45-41-51-48(50)59-45)32-24-16-14-18-26-34-47(53)56-39-36-43(29-21-11-7-3)30-22-12-8-4/h41-44H,5-40H2,1-4H3,(H2,50,51). The summed E-state index contributed by atoms with van der Waals surface area (Å²) in [5, 5.41) is 0.506. The van der Waals surface area contributed by atoms with Crippen molar-refractivity contribution < 1.29 is 33.3 Å². The van der Waals surface area contributed by atoms with Gasteiger partial charge in [0.25, 0.3) is 0 Å². The van der Waals surface area contributed by atoms with Crippen LogP contribution in [-0.4, -0.2) is 49.0 Å². The van der Waals surface area contributed by atoms with Gasteiger partial charge in [0.2, 0.25) is 0 Å². The first-order valence-corrected chi connectivity index (χ1v) is 25.5. The number of anilines is 1. The molecule has 9 nitrogen and oxygen atoms in total. The zero-order chi connectivity index (χ0) is 43.0. The lowest BCUT2D eigenvalue weighted by atomic mass is 9.92. The molecule has 1 heterocycles. The Bertz CT molecular complexity index is 1060. The van der Waals surface area contributed by atoms with E-state index in [2.05, 4.69) is 32.7 Å². The number of nitrogen functional groups attached to an aromatic ring is 1. The van der Waals surface area contributed by atoms with Crippen LogP contribution in [0.25, 0.3) is 0 Å². The van der Waals surface area contributed by atoms with Gasteiger partial charge >= 0.3 is 18.1 Å². The van der Waals surface area contributed by atoms with Crippen LogP contribution in [0.1, 0.15) is 238 Å². The Morgan fingerprint density at radius 2 is 0.932 bits per heavy atom. The highest BCUT2D eigenvalue weighted by atomic mass is 32.1. The average molecular weight is 851 g/mol. The summed E-state index contributed by atoms with van der Waals surface area (Å²) >= 11 is 1.40. The number of hydrogen-bond donors (Lipinski definition) is 1. The lowest BCUT2D eigenvalue weighted by molar-refractivity contribution is -0.145. The molecule has 10 heteroatoms. The fourth-order valence-corrected chi connectivity index (χ4v) is 8.53. The van der Waals surface area contributed by atoms with Gasteiger partial charge in [0.05, 0.1) is 19.8 Å². The number of carbonyl (C=O) groups excluding carboxylic acids is 3. The molecule has 0 aliphatic rings. The van der Waals surface area contributed by atoms with Crippen LogP contribution in [0.15, 0.2) is 6.20 Å². The molecule has 0 bridgehead atoms. The molecule has 2 N–H and O–H groups in total. The van der Waals surface area contributed by atoms with Crippen LogP contribution < -0.4 is 5.73 Å². The van der Waals surface area contributed by atoms with Crippen LogP contribution >= 0.6 is 11.3 Å². The molecule has 0 aliphatic carbocycles. The lowest BCUT2D eigenvalue weighted by Crippen LogP contribution is -2.20. The molecule has 0 radical (unpaired) electrons. The molecule has 0 aromatic carbocycles. The highest BCUT2D eigenvalue weighted by Gasteiger charge is 2.17. The van der Waals surface area contributed by atoms with Gasteiger partial charge in [-0.3, -0.25) is 9.59 Å². The van der Waals surface area contributed by atoms with E-state index in [1.807, 2.05) is 0 Å². The predicted octanol–water partition coefficient (Wildman–Crippen LogP) is 14.7. The first-order chi connectivity index (χ1) is 28.8. The largest absolute Gasteiger partial charge is 0.508 e. The summed E-state index contributed by atoms with van der Waals surface area (Å²) in [5.74, 6) is 1.22. The summed E-state index contributed by atoms with van der Waals surface area (Å²) in [6, 6.07) is 0. The van der Waals surface area contributed by atoms with Gasteiger partial charge in [-0.2, -0.15) is 0 Å². The summed E-state index contributed by atoms with van der Waals surface area (Å²) in [5.41, 5.74) is 5.72. The van der Waals surface area contributed by atoms with Crippen molar-refractivity contribution in [2.45, 2.75) is 246 Å². The fourth-order valence-electron chi connectivity index (χ4n) is 7.87. The fraction of sp³-hybridized carbons (Fsp3) is 0.878. The number of rotatable bonds is 42. The smallest absolute Gasteiger partial charge is 0.466 e. The first-order valence-electron chi connectivity index (χ1n) is 24.7. The number of unbranched alkanes of at least 4 members (excludes halogenated alkanes) is 16. The molecule has 0 atom stereocenters. The number of ether oxygens (including phenoxy) is 4. The van der Waals surface area contributed by atoms with E-state index in [9.17, 15) is 14.4 Å². The number of aromatic nitrogens is 1. The molecule has 0 saturated carbocycles. The molecule has 0 saturated heterocycles. The van der Waals surface area contributed by atoms with Gasteiger partial charge in [-0.1, -0.05) is 169 Å². The molecule has 0 amide bonds. The van der Waals surface area contributed by atoms with Gasteiger partial charge in [-0.15, -0.1) is 11.3 Å². The number of thiazole rings is 1. The van der Waals surface area contributed by atoms with E-state index in [0.717, 1.165) is 94.8 Å². The number of nitrogens with two attached hydrogens (primary N) is 1. The van der Waals surface area contributed by atoms with Gasteiger partial charge in [-0.05, 0) is 63.2 Å². The van der Waals surface area contributed by atoms with Crippen molar-refractivity contribution in [3.63, 3.8) is 0 Å². The Morgan fingerprint density at radius 1 is 0.525 bits per heavy atom. The maximum Gasteiger partial charge on any atom is 0.508 e. The monoisotopic (exact) mass is 851 g/mol. The Hall–Kier alpha value is -2.36. The van der Waals surface area contributed by atoms with Crippen molar-refractivity contribution in [1.82, 2.24) is 4.98 Å². The van der Waals surface area contributed by atoms with E-state index < -0.39 is 6.16 Å². The zero-order valence-electron chi connectivity index (χ0n) is 38.6. The average Bonchev–Trinajstić information content (AvgIpc) is 3.64. The van der Waals surface area contributed by atoms with Gasteiger partial charge in [0.15, 0.2) is 5.13 Å². The number of carbonyl (C=O) groups is 3. The number of hydrogen-bond acceptors (Lipinski definition) is 10. The third kappa shape index (κ3) is 34.0. The lowest BCUT2D eigenvalue weighted by Gasteiger charge is -2.18. The van der Waals surface area contributed by atoms with E-state index in [0.29, 0.717) is 49.4 Å². The molecule has 1 rings (SSSR count). The molecule has 344 valence electrons. The second kappa shape index (κ2) is 39.8. The van der Waals surface area contributed by atoms with Crippen LogP contribution in [0.2, 0.25) is 0 Å². The summed E-state index contributed by atoms with van der Waals surface area (Å²) in [6.07, 6.45) is 36.0. The maximum atomic E-state index is 12.6. The molecule has 0 spiro atoms. The zero-order valence-corrected chi connectivity index (χ0v) is 39.4. The molecular weight excluding hydrogens is 761 g/mol. The highest BCUT2D eigenvalue weighted by Crippen LogP contribution is 2.23. The van der Waals surface area contributed by atoms with Crippen molar-refractivity contribution in [2.24, 2.45) is 11.8 Å². The molecule has 0 unspecified atom stereocenters. The van der Waals surface area contributed by atoms with Crippen molar-refractivity contribution in [3.05, 3.63) is 11.1 Å². The number of nitrogens with zero attached hydrogens (tertiary/aromatic N) is 1. The Balaban J connectivity index is 2.34. The van der Waals surface area contributed by atoms with Crippen LogP contribution in [0.5, 0.6) is 0 Å². The van der Waals surface area contributed by atoms with E-state index >= 15 is 0 Å². The Kier molecular flexibility index (Phi) is 36.8. The van der Waals surface area contributed by atoms with Crippen molar-refractivity contribution in [2.75, 3.05) is 25.6 Å². The van der Waals surface area contributed by atoms with Gasteiger partial charge in [0.1, 0.15) is 6.10 Å². The van der Waals surface area contributed by atoms with E-state index in [-0.39, 0.29) is 24.6 Å². The van der Waals surface area contributed by atoms with Crippen molar-refractivity contribution >= 4 is 34.6 Å². The van der Waals surface area contributed by atoms with Gasteiger partial charge < -0.3 is 24.7 Å². The van der Waals surface area contributed by atoms with Gasteiger partial charge in [-0.25, -0.2) is 9.78 Å². The maximum absolute atomic E-state index is 12.6. The topological polar surface area (TPSA) is 127 Å². The predicted molar refractivity (Wildman–Crippen MR) is 246 cm³/mol. The molecule has 0 fully saturated rings. The second-order valence-corrected chi connectivity index (χ2v) is 18.2. The minimum atomic E-state index is -0.619. The van der Waals surface area contributed by atoms with Crippen LogP contribution in [0.4, 0.5) is 9.93 Å².